The molecule has 0 aliphatic heterocycles. The van der Waals surface area contributed by atoms with Crippen LogP contribution in [0.15, 0.2) is 18.2 Å². The molecule has 0 amide bonds. The smallest absolute Gasteiger partial charge is 0.105 e. The van der Waals surface area contributed by atoms with Crippen LogP contribution in [-0.4, -0.2) is 20.5 Å². The van der Waals surface area contributed by atoms with E-state index in [0.29, 0.717) is 0 Å². The first kappa shape index (κ1) is 8.59. The topological polar surface area (TPSA) is 46.0 Å². The van der Waals surface area contributed by atoms with Crippen molar-refractivity contribution >= 4 is 22.8 Å². The third kappa shape index (κ3) is 1.84. The lowest BCUT2D eigenvalue weighted by molar-refractivity contribution is 0.288. The van der Waals surface area contributed by atoms with E-state index < -0.39 is 0 Å². The fourth-order valence-corrected chi connectivity index (χ4v) is 1.78. The Morgan fingerprint density at radius 2 is 2.08 bits per heavy atom. The maximum absolute atomic E-state index is 8.67. The van der Waals surface area contributed by atoms with E-state index in [2.05, 4.69) is 8.75 Å². The molecule has 1 N–H and O–H groups in total. The van der Waals surface area contributed by atoms with Crippen LogP contribution in [0.2, 0.25) is 0 Å². The fraction of sp³-hybridized carbons (Fsp3) is 0.333. The van der Waals surface area contributed by atoms with Gasteiger partial charge >= 0.3 is 0 Å². The largest absolute Gasteiger partial charge is 0.396 e. The van der Waals surface area contributed by atoms with E-state index in [-0.39, 0.29) is 6.61 Å². The van der Waals surface area contributed by atoms with Crippen molar-refractivity contribution in [2.75, 3.05) is 6.61 Å². The maximum Gasteiger partial charge on any atom is 0.105 e. The lowest BCUT2D eigenvalue weighted by Crippen LogP contribution is -1.88. The van der Waals surface area contributed by atoms with Gasteiger partial charge in [-0.1, -0.05) is 6.07 Å². The molecule has 0 aliphatic rings. The van der Waals surface area contributed by atoms with E-state index in [1.165, 1.54) is 17.3 Å². The Morgan fingerprint density at radius 1 is 1.23 bits per heavy atom. The summed E-state index contributed by atoms with van der Waals surface area (Å²) in [6, 6.07) is 6.05. The van der Waals surface area contributed by atoms with E-state index >= 15 is 0 Å². The van der Waals surface area contributed by atoms with Crippen molar-refractivity contribution < 1.29 is 5.11 Å². The molecule has 0 saturated carbocycles. The van der Waals surface area contributed by atoms with Gasteiger partial charge in [-0.2, -0.15) is 8.75 Å². The molecule has 13 heavy (non-hydrogen) atoms. The van der Waals surface area contributed by atoms with Crippen LogP contribution < -0.4 is 0 Å². The van der Waals surface area contributed by atoms with Gasteiger partial charge in [0.25, 0.3) is 0 Å². The van der Waals surface area contributed by atoms with Crippen molar-refractivity contribution in [3.8, 4) is 0 Å². The average Bonchev–Trinajstić information content (AvgIpc) is 2.61. The number of rotatable bonds is 3. The fourth-order valence-electron chi connectivity index (χ4n) is 1.27. The summed E-state index contributed by atoms with van der Waals surface area (Å²) < 4.78 is 8.28. The van der Waals surface area contributed by atoms with Gasteiger partial charge < -0.3 is 5.11 Å². The Hall–Kier alpha value is -1.00. The van der Waals surface area contributed by atoms with Crippen LogP contribution in [0.3, 0.4) is 0 Å². The first-order valence-electron chi connectivity index (χ1n) is 4.22. The molecule has 0 spiro atoms. The van der Waals surface area contributed by atoms with Gasteiger partial charge in [0.2, 0.25) is 0 Å². The zero-order chi connectivity index (χ0) is 9.10. The zero-order valence-corrected chi connectivity index (χ0v) is 7.92. The molecule has 2 aromatic rings. The molecule has 0 aliphatic carbocycles. The SMILES string of the molecule is OCCCc1ccc2nsnc2c1. The number of aryl methyl sites for hydroxylation is 1. The Labute approximate surface area is 80.4 Å². The van der Waals surface area contributed by atoms with Gasteiger partial charge in [0.15, 0.2) is 0 Å². The maximum atomic E-state index is 8.67. The van der Waals surface area contributed by atoms with Crippen LogP contribution >= 0.6 is 11.7 Å². The van der Waals surface area contributed by atoms with Crippen molar-refractivity contribution in [1.29, 1.82) is 0 Å². The summed E-state index contributed by atoms with van der Waals surface area (Å²) in [5.41, 5.74) is 3.13. The minimum Gasteiger partial charge on any atom is -0.396 e. The highest BCUT2D eigenvalue weighted by molar-refractivity contribution is 7.00. The number of aliphatic hydroxyl groups is 1. The third-order valence-electron chi connectivity index (χ3n) is 1.94. The Morgan fingerprint density at radius 3 is 2.92 bits per heavy atom. The second-order valence-electron chi connectivity index (χ2n) is 2.91. The van der Waals surface area contributed by atoms with Gasteiger partial charge in [-0.05, 0) is 30.5 Å². The molecule has 0 bridgehead atoms. The predicted molar refractivity (Wildman–Crippen MR) is 52.8 cm³/mol. The van der Waals surface area contributed by atoms with Gasteiger partial charge in [-0.3, -0.25) is 0 Å². The molecule has 2 rings (SSSR count). The molecule has 1 aromatic carbocycles. The number of aromatic nitrogens is 2. The summed E-state index contributed by atoms with van der Waals surface area (Å²) in [4.78, 5) is 0. The quantitative estimate of drug-likeness (QED) is 0.807. The molecule has 0 unspecified atom stereocenters. The second-order valence-corrected chi connectivity index (χ2v) is 3.44. The van der Waals surface area contributed by atoms with Crippen molar-refractivity contribution in [2.24, 2.45) is 0 Å². The van der Waals surface area contributed by atoms with Gasteiger partial charge in [-0.15, -0.1) is 0 Å². The third-order valence-corrected chi connectivity index (χ3v) is 2.50. The number of aliphatic hydroxyl groups excluding tert-OH is 1. The van der Waals surface area contributed by atoms with Gasteiger partial charge in [-0.25, -0.2) is 0 Å². The zero-order valence-electron chi connectivity index (χ0n) is 7.10. The summed E-state index contributed by atoms with van der Waals surface area (Å²) in [6.45, 7) is 0.243. The summed E-state index contributed by atoms with van der Waals surface area (Å²) in [7, 11) is 0. The molecule has 0 saturated heterocycles. The minimum atomic E-state index is 0.243. The predicted octanol–water partition coefficient (Wildman–Crippen LogP) is 1.62. The highest BCUT2D eigenvalue weighted by Gasteiger charge is 1.99. The van der Waals surface area contributed by atoms with Crippen molar-refractivity contribution in [3.05, 3.63) is 23.8 Å². The Balaban J connectivity index is 2.26. The van der Waals surface area contributed by atoms with Crippen LogP contribution in [-0.2, 0) is 6.42 Å². The molecule has 0 fully saturated rings. The van der Waals surface area contributed by atoms with E-state index in [9.17, 15) is 0 Å². The summed E-state index contributed by atoms with van der Waals surface area (Å²) in [5.74, 6) is 0. The minimum absolute atomic E-state index is 0.243. The highest BCUT2D eigenvalue weighted by Crippen LogP contribution is 2.14. The normalized spacial score (nSPS) is 10.8. The molecule has 3 nitrogen and oxygen atoms in total. The van der Waals surface area contributed by atoms with Gasteiger partial charge in [0, 0.05) is 6.61 Å². The summed E-state index contributed by atoms with van der Waals surface area (Å²) in [6.07, 6.45) is 1.72. The molecular weight excluding hydrogens is 184 g/mol. The Bertz CT molecular complexity index is 399. The molecule has 0 atom stereocenters. The molecule has 0 radical (unpaired) electrons. The lowest BCUT2D eigenvalue weighted by atomic mass is 10.1. The van der Waals surface area contributed by atoms with E-state index in [1.807, 2.05) is 18.2 Å². The van der Waals surface area contributed by atoms with Crippen LogP contribution in [0.25, 0.3) is 11.0 Å². The lowest BCUT2D eigenvalue weighted by Gasteiger charge is -1.97. The number of benzene rings is 1. The summed E-state index contributed by atoms with van der Waals surface area (Å²) >= 11 is 1.24. The second kappa shape index (κ2) is 3.81. The number of nitrogens with zero attached hydrogens (tertiary/aromatic N) is 2. The monoisotopic (exact) mass is 194 g/mol. The average molecular weight is 194 g/mol. The van der Waals surface area contributed by atoms with Crippen LogP contribution in [0.4, 0.5) is 0 Å². The van der Waals surface area contributed by atoms with Crippen molar-refractivity contribution in [2.45, 2.75) is 12.8 Å². The number of fused-ring (bicyclic) bond motifs is 1. The van der Waals surface area contributed by atoms with E-state index in [4.69, 9.17) is 5.11 Å². The molecule has 1 aromatic heterocycles. The molecule has 1 heterocycles. The van der Waals surface area contributed by atoms with Crippen LogP contribution in [0, 0.1) is 0 Å². The first-order valence-corrected chi connectivity index (χ1v) is 4.95. The van der Waals surface area contributed by atoms with Crippen molar-refractivity contribution in [1.82, 2.24) is 8.75 Å². The summed E-state index contributed by atoms with van der Waals surface area (Å²) in [5, 5.41) is 8.67. The number of hydrogen-bond acceptors (Lipinski definition) is 4. The molecular formula is C9H10N2OS. The molecule has 4 heteroatoms. The highest BCUT2D eigenvalue weighted by atomic mass is 32.1. The van der Waals surface area contributed by atoms with E-state index in [0.717, 1.165) is 23.9 Å². The van der Waals surface area contributed by atoms with Gasteiger partial charge in [0.05, 0.1) is 11.7 Å². The number of hydrogen-bond donors (Lipinski definition) is 1. The molecule has 68 valence electrons. The van der Waals surface area contributed by atoms with Crippen LogP contribution in [0.5, 0.6) is 0 Å². The van der Waals surface area contributed by atoms with E-state index in [1.54, 1.807) is 0 Å². The van der Waals surface area contributed by atoms with Crippen LogP contribution in [0.1, 0.15) is 12.0 Å². The van der Waals surface area contributed by atoms with Gasteiger partial charge in [0.1, 0.15) is 11.0 Å². The first-order chi connectivity index (χ1) is 6.40. The van der Waals surface area contributed by atoms with Crippen molar-refractivity contribution in [3.63, 3.8) is 0 Å². The Kier molecular flexibility index (Phi) is 2.52. The standard InChI is InChI=1S/C9H10N2OS/c12-5-1-2-7-3-4-8-9(6-7)11-13-10-8/h3-4,6,12H,1-2,5H2.